The van der Waals surface area contributed by atoms with E-state index in [0.29, 0.717) is 0 Å². The Labute approximate surface area is 136 Å². The molecule has 7 nitrogen and oxygen atoms in total. The standard InChI is InChI=1S/C15H15N5O2S/c1-9(21)17-11-4-2-10(3-5-11)13-7-20-12(6-14(22)19-16)8-23-15(20)18-13/h2-5,7-8H,6,16H2,1H3,(H,17,21)(H,19,22). The van der Waals surface area contributed by atoms with E-state index in [1.807, 2.05) is 40.2 Å². The van der Waals surface area contributed by atoms with Crippen molar-refractivity contribution in [3.8, 4) is 11.3 Å². The van der Waals surface area contributed by atoms with Crippen LogP contribution in [-0.2, 0) is 16.0 Å². The zero-order chi connectivity index (χ0) is 16.4. The van der Waals surface area contributed by atoms with Crippen LogP contribution in [0.15, 0.2) is 35.8 Å². The lowest BCUT2D eigenvalue weighted by molar-refractivity contribution is -0.120. The lowest BCUT2D eigenvalue weighted by Crippen LogP contribution is -2.31. The van der Waals surface area contributed by atoms with E-state index in [1.165, 1.54) is 18.3 Å². The SMILES string of the molecule is CC(=O)Nc1ccc(-c2cn3c(CC(=O)NN)csc3n2)cc1. The van der Waals surface area contributed by atoms with Gasteiger partial charge in [0.05, 0.1) is 12.1 Å². The lowest BCUT2D eigenvalue weighted by atomic mass is 10.1. The number of aromatic nitrogens is 2. The molecule has 0 bridgehead atoms. The molecule has 0 fully saturated rings. The second kappa shape index (κ2) is 6.19. The number of hydrogen-bond donors (Lipinski definition) is 3. The van der Waals surface area contributed by atoms with E-state index in [4.69, 9.17) is 5.84 Å². The molecule has 23 heavy (non-hydrogen) atoms. The Morgan fingerprint density at radius 1 is 1.30 bits per heavy atom. The number of imidazole rings is 1. The van der Waals surface area contributed by atoms with Gasteiger partial charge in [0.15, 0.2) is 4.96 Å². The summed E-state index contributed by atoms with van der Waals surface area (Å²) >= 11 is 1.47. The number of hydrazine groups is 1. The molecule has 0 saturated heterocycles. The molecule has 8 heteroatoms. The van der Waals surface area contributed by atoms with Gasteiger partial charge in [-0.2, -0.15) is 0 Å². The number of carbonyl (C=O) groups is 2. The zero-order valence-corrected chi connectivity index (χ0v) is 13.2. The summed E-state index contributed by atoms with van der Waals surface area (Å²) in [6.45, 7) is 1.47. The summed E-state index contributed by atoms with van der Waals surface area (Å²) in [5.41, 5.74) is 5.44. The summed E-state index contributed by atoms with van der Waals surface area (Å²) in [5, 5.41) is 4.61. The largest absolute Gasteiger partial charge is 0.326 e. The molecule has 0 spiro atoms. The molecule has 2 aromatic heterocycles. The Hall–Kier alpha value is -2.71. The molecule has 3 rings (SSSR count). The highest BCUT2D eigenvalue weighted by atomic mass is 32.1. The highest BCUT2D eigenvalue weighted by Gasteiger charge is 2.12. The van der Waals surface area contributed by atoms with Crippen molar-refractivity contribution in [2.45, 2.75) is 13.3 Å². The molecule has 0 unspecified atom stereocenters. The van der Waals surface area contributed by atoms with Gasteiger partial charge in [0.2, 0.25) is 11.8 Å². The minimum Gasteiger partial charge on any atom is -0.326 e. The normalized spacial score (nSPS) is 10.7. The molecule has 0 saturated carbocycles. The monoisotopic (exact) mass is 329 g/mol. The molecule has 0 aliphatic rings. The first kappa shape index (κ1) is 15.2. The van der Waals surface area contributed by atoms with Gasteiger partial charge in [-0.1, -0.05) is 12.1 Å². The highest BCUT2D eigenvalue weighted by Crippen LogP contribution is 2.25. The van der Waals surface area contributed by atoms with Gasteiger partial charge in [-0.3, -0.25) is 19.4 Å². The zero-order valence-electron chi connectivity index (χ0n) is 12.4. The number of hydrogen-bond acceptors (Lipinski definition) is 5. The van der Waals surface area contributed by atoms with Gasteiger partial charge in [-0.25, -0.2) is 10.8 Å². The van der Waals surface area contributed by atoms with Crippen LogP contribution in [0.3, 0.4) is 0 Å². The second-order valence-corrected chi connectivity index (χ2v) is 5.85. The first-order valence-electron chi connectivity index (χ1n) is 6.90. The molecule has 1 aromatic carbocycles. The van der Waals surface area contributed by atoms with Crippen LogP contribution in [0.2, 0.25) is 0 Å². The average Bonchev–Trinajstić information content (AvgIpc) is 3.09. The Balaban J connectivity index is 1.88. The number of benzene rings is 1. The molecule has 3 aromatic rings. The number of carbonyl (C=O) groups excluding carboxylic acids is 2. The number of rotatable bonds is 4. The first-order valence-corrected chi connectivity index (χ1v) is 7.77. The fraction of sp³-hybridized carbons (Fsp3) is 0.133. The van der Waals surface area contributed by atoms with Crippen molar-refractivity contribution in [1.29, 1.82) is 0 Å². The van der Waals surface area contributed by atoms with Gasteiger partial charge >= 0.3 is 0 Å². The molecule has 0 atom stereocenters. The van der Waals surface area contributed by atoms with Crippen molar-refractivity contribution in [2.24, 2.45) is 5.84 Å². The van der Waals surface area contributed by atoms with Crippen LogP contribution < -0.4 is 16.6 Å². The van der Waals surface area contributed by atoms with E-state index in [2.05, 4.69) is 15.7 Å². The maximum atomic E-state index is 11.4. The maximum Gasteiger partial charge on any atom is 0.239 e. The molecule has 0 radical (unpaired) electrons. The summed E-state index contributed by atoms with van der Waals surface area (Å²) in [6.07, 6.45) is 2.09. The summed E-state index contributed by atoms with van der Waals surface area (Å²) in [5.74, 6) is 4.77. The number of nitrogens with two attached hydrogens (primary N) is 1. The van der Waals surface area contributed by atoms with Gasteiger partial charge in [-0.15, -0.1) is 11.3 Å². The van der Waals surface area contributed by atoms with Gasteiger partial charge < -0.3 is 5.32 Å². The fourth-order valence-electron chi connectivity index (χ4n) is 2.24. The van der Waals surface area contributed by atoms with Crippen LogP contribution in [0, 0.1) is 0 Å². The predicted octanol–water partition coefficient (Wildman–Crippen LogP) is 1.55. The predicted molar refractivity (Wildman–Crippen MR) is 88.8 cm³/mol. The highest BCUT2D eigenvalue weighted by molar-refractivity contribution is 7.15. The van der Waals surface area contributed by atoms with Gasteiger partial charge in [0.1, 0.15) is 0 Å². The van der Waals surface area contributed by atoms with Crippen LogP contribution in [0.1, 0.15) is 12.6 Å². The Morgan fingerprint density at radius 3 is 2.70 bits per heavy atom. The third-order valence-electron chi connectivity index (χ3n) is 3.29. The van der Waals surface area contributed by atoms with Crippen molar-refractivity contribution in [2.75, 3.05) is 5.32 Å². The molecular formula is C15H15N5O2S. The topological polar surface area (TPSA) is 102 Å². The lowest BCUT2D eigenvalue weighted by Gasteiger charge is -2.02. The van der Waals surface area contributed by atoms with Crippen molar-refractivity contribution in [3.63, 3.8) is 0 Å². The fourth-order valence-corrected chi connectivity index (χ4v) is 3.11. The molecule has 0 aliphatic heterocycles. The van der Waals surface area contributed by atoms with Crippen molar-refractivity contribution < 1.29 is 9.59 Å². The smallest absolute Gasteiger partial charge is 0.239 e. The summed E-state index contributed by atoms with van der Waals surface area (Å²) < 4.78 is 1.89. The van der Waals surface area contributed by atoms with E-state index in [1.54, 1.807) is 0 Å². The summed E-state index contributed by atoms with van der Waals surface area (Å²) in [7, 11) is 0. The molecule has 0 aliphatic carbocycles. The van der Waals surface area contributed by atoms with E-state index < -0.39 is 0 Å². The molecule has 2 heterocycles. The number of nitrogens with zero attached hydrogens (tertiary/aromatic N) is 2. The number of amides is 2. The Kier molecular flexibility index (Phi) is 4.09. The molecule has 4 N–H and O–H groups in total. The quantitative estimate of drug-likeness (QED) is 0.384. The Morgan fingerprint density at radius 2 is 2.04 bits per heavy atom. The number of nitrogens with one attached hydrogen (secondary N) is 2. The van der Waals surface area contributed by atoms with Crippen LogP contribution in [-0.4, -0.2) is 21.2 Å². The van der Waals surface area contributed by atoms with Crippen molar-refractivity contribution in [1.82, 2.24) is 14.8 Å². The van der Waals surface area contributed by atoms with E-state index in [9.17, 15) is 9.59 Å². The van der Waals surface area contributed by atoms with Crippen LogP contribution in [0.5, 0.6) is 0 Å². The van der Waals surface area contributed by atoms with Crippen LogP contribution in [0.4, 0.5) is 5.69 Å². The molecular weight excluding hydrogens is 314 g/mol. The maximum absolute atomic E-state index is 11.4. The number of fused-ring (bicyclic) bond motifs is 1. The third-order valence-corrected chi connectivity index (χ3v) is 4.18. The minimum atomic E-state index is -0.250. The molecule has 118 valence electrons. The van der Waals surface area contributed by atoms with Crippen LogP contribution in [0.25, 0.3) is 16.2 Å². The molecule has 2 amide bonds. The second-order valence-electron chi connectivity index (χ2n) is 5.01. The van der Waals surface area contributed by atoms with E-state index >= 15 is 0 Å². The Bertz CT molecular complexity index is 866. The van der Waals surface area contributed by atoms with Crippen LogP contribution >= 0.6 is 11.3 Å². The summed E-state index contributed by atoms with van der Waals surface area (Å²) in [4.78, 5) is 27.8. The number of thiazole rings is 1. The average molecular weight is 329 g/mol. The van der Waals surface area contributed by atoms with Gasteiger partial charge in [0.25, 0.3) is 0 Å². The van der Waals surface area contributed by atoms with E-state index in [0.717, 1.165) is 27.6 Å². The first-order chi connectivity index (χ1) is 11.1. The van der Waals surface area contributed by atoms with Gasteiger partial charge in [-0.05, 0) is 12.1 Å². The minimum absolute atomic E-state index is 0.108. The van der Waals surface area contributed by atoms with Gasteiger partial charge in [0, 0.05) is 35.4 Å². The summed E-state index contributed by atoms with van der Waals surface area (Å²) in [6, 6.07) is 7.44. The van der Waals surface area contributed by atoms with Crippen molar-refractivity contribution >= 4 is 33.8 Å². The van der Waals surface area contributed by atoms with E-state index in [-0.39, 0.29) is 18.2 Å². The third kappa shape index (κ3) is 3.22. The van der Waals surface area contributed by atoms with Crippen molar-refractivity contribution in [3.05, 3.63) is 41.5 Å². The number of anilines is 1.